The molecule has 2 rings (SSSR count). The Balaban J connectivity index is 1.85. The van der Waals surface area contributed by atoms with E-state index in [9.17, 15) is 4.39 Å². The van der Waals surface area contributed by atoms with E-state index in [4.69, 9.17) is 10.5 Å². The standard InChI is InChI=1S/C12H21FN6O/c1-18(2)5-6-20-10-3-4-19(7-9(10)13)12-16-8-15-11(14)17-12/h8-10H,3-7H2,1-2H3,(H2,14,15,16,17)/t9-,10+/m1/s1. The second-order valence-corrected chi connectivity index (χ2v) is 5.11. The molecule has 1 fully saturated rings. The molecule has 112 valence electrons. The maximum Gasteiger partial charge on any atom is 0.230 e. The topological polar surface area (TPSA) is 80.4 Å². The summed E-state index contributed by atoms with van der Waals surface area (Å²) < 4.78 is 19.7. The summed E-state index contributed by atoms with van der Waals surface area (Å²) in [5.41, 5.74) is 5.51. The van der Waals surface area contributed by atoms with Gasteiger partial charge in [0.15, 0.2) is 0 Å². The van der Waals surface area contributed by atoms with Crippen LogP contribution in [0.5, 0.6) is 0 Å². The number of halogens is 1. The van der Waals surface area contributed by atoms with E-state index in [2.05, 4.69) is 15.0 Å². The minimum atomic E-state index is -1.05. The average molecular weight is 284 g/mol. The van der Waals surface area contributed by atoms with Crippen molar-refractivity contribution < 1.29 is 9.13 Å². The van der Waals surface area contributed by atoms with Crippen molar-refractivity contribution in [1.82, 2.24) is 19.9 Å². The number of ether oxygens (including phenoxy) is 1. The molecule has 7 nitrogen and oxygen atoms in total. The van der Waals surface area contributed by atoms with E-state index in [1.807, 2.05) is 19.0 Å². The Labute approximate surface area is 118 Å². The molecule has 20 heavy (non-hydrogen) atoms. The number of likely N-dealkylation sites (N-methyl/N-ethyl adjacent to an activating group) is 1. The molecule has 0 unspecified atom stereocenters. The Morgan fingerprint density at radius 1 is 1.50 bits per heavy atom. The SMILES string of the molecule is CN(C)CCO[C@H]1CCN(c2ncnc(N)n2)C[C@H]1F. The molecule has 0 bridgehead atoms. The van der Waals surface area contributed by atoms with Gasteiger partial charge in [0.2, 0.25) is 11.9 Å². The van der Waals surface area contributed by atoms with Gasteiger partial charge in [-0.3, -0.25) is 0 Å². The number of nitrogens with zero attached hydrogens (tertiary/aromatic N) is 5. The Hall–Kier alpha value is -1.54. The summed E-state index contributed by atoms with van der Waals surface area (Å²) in [4.78, 5) is 15.5. The van der Waals surface area contributed by atoms with Gasteiger partial charge in [0.05, 0.1) is 19.3 Å². The van der Waals surface area contributed by atoms with E-state index in [0.29, 0.717) is 25.5 Å². The molecule has 0 radical (unpaired) electrons. The number of nitrogens with two attached hydrogens (primary N) is 1. The molecular formula is C12H21FN6O. The largest absolute Gasteiger partial charge is 0.374 e. The van der Waals surface area contributed by atoms with Gasteiger partial charge in [0, 0.05) is 13.1 Å². The number of hydrogen-bond acceptors (Lipinski definition) is 7. The predicted octanol–water partition coefficient (Wildman–Crippen LogP) is -0.0512. The van der Waals surface area contributed by atoms with Crippen molar-refractivity contribution in [2.75, 3.05) is 51.0 Å². The summed E-state index contributed by atoms with van der Waals surface area (Å²) in [6, 6.07) is 0. The molecular weight excluding hydrogens is 263 g/mol. The van der Waals surface area contributed by atoms with Crippen molar-refractivity contribution in [1.29, 1.82) is 0 Å². The van der Waals surface area contributed by atoms with E-state index in [-0.39, 0.29) is 18.6 Å². The zero-order chi connectivity index (χ0) is 14.5. The van der Waals surface area contributed by atoms with Crippen LogP contribution in [-0.2, 0) is 4.74 Å². The maximum atomic E-state index is 14.1. The number of aromatic nitrogens is 3. The quantitative estimate of drug-likeness (QED) is 0.812. The fourth-order valence-electron chi connectivity index (χ4n) is 2.09. The summed E-state index contributed by atoms with van der Waals surface area (Å²) in [6.45, 7) is 2.19. The number of hydrogen-bond donors (Lipinski definition) is 1. The molecule has 1 aliphatic rings. The highest BCUT2D eigenvalue weighted by Gasteiger charge is 2.31. The number of rotatable bonds is 5. The van der Waals surface area contributed by atoms with E-state index in [1.165, 1.54) is 6.33 Å². The minimum Gasteiger partial charge on any atom is -0.374 e. The maximum absolute atomic E-state index is 14.1. The molecule has 1 aromatic rings. The number of nitrogen functional groups attached to an aromatic ring is 1. The number of piperidine rings is 1. The number of alkyl halides is 1. The molecule has 0 spiro atoms. The van der Waals surface area contributed by atoms with Gasteiger partial charge in [-0.2, -0.15) is 4.98 Å². The summed E-state index contributed by atoms with van der Waals surface area (Å²) in [5.74, 6) is 0.571. The van der Waals surface area contributed by atoms with Crippen LogP contribution in [0, 0.1) is 0 Å². The highest BCUT2D eigenvalue weighted by molar-refractivity contribution is 5.34. The van der Waals surface area contributed by atoms with Crippen LogP contribution in [0.25, 0.3) is 0 Å². The third-order valence-corrected chi connectivity index (χ3v) is 3.21. The van der Waals surface area contributed by atoms with Gasteiger partial charge in [-0.05, 0) is 20.5 Å². The molecule has 2 atom stereocenters. The van der Waals surface area contributed by atoms with Crippen molar-refractivity contribution in [3.8, 4) is 0 Å². The van der Waals surface area contributed by atoms with E-state index >= 15 is 0 Å². The monoisotopic (exact) mass is 284 g/mol. The van der Waals surface area contributed by atoms with E-state index < -0.39 is 6.17 Å². The molecule has 1 saturated heterocycles. The van der Waals surface area contributed by atoms with Gasteiger partial charge >= 0.3 is 0 Å². The lowest BCUT2D eigenvalue weighted by Crippen LogP contribution is -2.47. The normalized spacial score (nSPS) is 23.3. The molecule has 2 heterocycles. The van der Waals surface area contributed by atoms with Crippen molar-refractivity contribution in [3.63, 3.8) is 0 Å². The highest BCUT2D eigenvalue weighted by Crippen LogP contribution is 2.20. The minimum absolute atomic E-state index is 0.148. The van der Waals surface area contributed by atoms with Crippen molar-refractivity contribution >= 4 is 11.9 Å². The first-order chi connectivity index (χ1) is 9.56. The third kappa shape index (κ3) is 3.97. The van der Waals surface area contributed by atoms with Crippen LogP contribution in [0.1, 0.15) is 6.42 Å². The van der Waals surface area contributed by atoms with Gasteiger partial charge in [0.1, 0.15) is 12.5 Å². The van der Waals surface area contributed by atoms with Crippen LogP contribution < -0.4 is 10.6 Å². The van der Waals surface area contributed by atoms with Gasteiger partial charge in [0.25, 0.3) is 0 Å². The third-order valence-electron chi connectivity index (χ3n) is 3.21. The molecule has 8 heteroatoms. The van der Waals surface area contributed by atoms with E-state index in [0.717, 1.165) is 6.54 Å². The Kier molecular flexibility index (Phi) is 5.02. The van der Waals surface area contributed by atoms with Gasteiger partial charge in [-0.15, -0.1) is 0 Å². The van der Waals surface area contributed by atoms with Crippen LogP contribution in [0.4, 0.5) is 16.3 Å². The van der Waals surface area contributed by atoms with Crippen LogP contribution in [0.3, 0.4) is 0 Å². The molecule has 0 amide bonds. The smallest absolute Gasteiger partial charge is 0.230 e. The Morgan fingerprint density at radius 2 is 2.30 bits per heavy atom. The first-order valence-corrected chi connectivity index (χ1v) is 6.66. The summed E-state index contributed by atoms with van der Waals surface area (Å²) in [5, 5.41) is 0. The molecule has 2 N–H and O–H groups in total. The molecule has 0 aliphatic carbocycles. The van der Waals surface area contributed by atoms with Crippen LogP contribution >= 0.6 is 0 Å². The fourth-order valence-corrected chi connectivity index (χ4v) is 2.09. The van der Waals surface area contributed by atoms with Crippen molar-refractivity contribution in [2.45, 2.75) is 18.7 Å². The van der Waals surface area contributed by atoms with Gasteiger partial charge in [-0.25, -0.2) is 14.4 Å². The molecule has 0 saturated carbocycles. The van der Waals surface area contributed by atoms with Crippen molar-refractivity contribution in [2.24, 2.45) is 0 Å². The molecule has 0 aromatic carbocycles. The highest BCUT2D eigenvalue weighted by atomic mass is 19.1. The Bertz CT molecular complexity index is 432. The zero-order valence-corrected chi connectivity index (χ0v) is 11.9. The van der Waals surface area contributed by atoms with Crippen molar-refractivity contribution in [3.05, 3.63) is 6.33 Å². The van der Waals surface area contributed by atoms with Crippen LogP contribution in [0.2, 0.25) is 0 Å². The van der Waals surface area contributed by atoms with Crippen LogP contribution in [0.15, 0.2) is 6.33 Å². The molecule has 1 aliphatic heterocycles. The average Bonchev–Trinajstić information content (AvgIpc) is 2.40. The lowest BCUT2D eigenvalue weighted by atomic mass is 10.1. The van der Waals surface area contributed by atoms with Crippen LogP contribution in [-0.4, -0.2) is 72.5 Å². The first kappa shape index (κ1) is 14.9. The zero-order valence-electron chi connectivity index (χ0n) is 11.9. The summed E-state index contributed by atoms with van der Waals surface area (Å²) in [6.07, 6.45) is 0.541. The van der Waals surface area contributed by atoms with Gasteiger partial charge < -0.3 is 20.3 Å². The lowest BCUT2D eigenvalue weighted by molar-refractivity contribution is -0.0174. The van der Waals surface area contributed by atoms with Gasteiger partial charge in [-0.1, -0.05) is 0 Å². The summed E-state index contributed by atoms with van der Waals surface area (Å²) in [7, 11) is 3.92. The lowest BCUT2D eigenvalue weighted by Gasteiger charge is -2.34. The second-order valence-electron chi connectivity index (χ2n) is 5.11. The number of anilines is 2. The fraction of sp³-hybridized carbons (Fsp3) is 0.750. The second kappa shape index (κ2) is 6.76. The Morgan fingerprint density at radius 3 is 2.95 bits per heavy atom. The molecule has 1 aromatic heterocycles. The first-order valence-electron chi connectivity index (χ1n) is 6.66. The predicted molar refractivity (Wildman–Crippen MR) is 74.3 cm³/mol. The summed E-state index contributed by atoms with van der Waals surface area (Å²) >= 11 is 0. The van der Waals surface area contributed by atoms with E-state index in [1.54, 1.807) is 4.90 Å².